The normalized spacial score (nSPS) is 9.57. The molecule has 0 aliphatic carbocycles. The molecule has 1 heterocycles. The summed E-state index contributed by atoms with van der Waals surface area (Å²) in [5, 5.41) is 2.60. The highest BCUT2D eigenvalue weighted by atomic mass is 80.9. The third-order valence-corrected chi connectivity index (χ3v) is 12.5. The predicted molar refractivity (Wildman–Crippen MR) is 321 cm³/mol. The standard InChI is InChI=1S/C17H15BrO2S.C9H10BrNOS.C8H7BrN2OS.C8H5NOS.C7H8BrNO.Br2/c1-20-17-8-7-12(10-15(17)18)9-14(21)11-16(19)13-5-3-2-4-6-13;1-12-8-3-2-6(4-7(8)10)5-9(11)13;1-12-6-3-7-5(2-4(6)9)11-8(10)13-7;10-8(9-6-11)7-4-2-1-3-5-7;1-10-7-3-2-5(9)4-6(7)8;1-2/h2-8,10H,9,11H2,1H3;2-4H,5H2,1H3,(H2,11,13);2-3H,1H3,(H2,10,11);1-5H;2-4H,9H2,1H3;. The van der Waals surface area contributed by atoms with E-state index in [1.54, 1.807) is 64.8 Å². The monoisotopic (exact) mass is 1400 g/mol. The Morgan fingerprint density at radius 1 is 0.629 bits per heavy atom. The van der Waals surface area contributed by atoms with Gasteiger partial charge >= 0.3 is 0 Å². The molecule has 368 valence electrons. The van der Waals surface area contributed by atoms with Crippen molar-refractivity contribution in [1.29, 1.82) is 0 Å². The maximum absolute atomic E-state index is 12.1. The minimum atomic E-state index is -0.347. The first kappa shape index (κ1) is 62.1. The molecule has 7 aromatic rings. The number of isothiocyanates is 1. The smallest absolute Gasteiger partial charge is 0.285 e. The first-order valence-electron chi connectivity index (χ1n) is 19.8. The molecule has 0 aliphatic heterocycles. The summed E-state index contributed by atoms with van der Waals surface area (Å²) in [5.41, 5.74) is 21.5. The van der Waals surface area contributed by atoms with E-state index in [2.05, 4.69) is 114 Å². The van der Waals surface area contributed by atoms with E-state index in [1.165, 1.54) is 11.3 Å². The number of methoxy groups -OCH3 is 4. The van der Waals surface area contributed by atoms with Crippen LogP contribution in [-0.4, -0.2) is 60.1 Å². The third kappa shape index (κ3) is 22.6. The Labute approximate surface area is 476 Å². The van der Waals surface area contributed by atoms with Gasteiger partial charge in [-0.15, -0.1) is 0 Å². The Morgan fingerprint density at radius 2 is 1.09 bits per heavy atom. The van der Waals surface area contributed by atoms with Gasteiger partial charge in [-0.05, 0) is 148 Å². The largest absolute Gasteiger partial charge is 0.496 e. The zero-order valence-electron chi connectivity index (χ0n) is 37.7. The summed E-state index contributed by atoms with van der Waals surface area (Å²) in [6.07, 6.45) is 1.53. The quantitative estimate of drug-likeness (QED) is 0.0457. The molecule has 1 amide bonds. The number of nitrogens with zero attached hydrogens (tertiary/aromatic N) is 2. The van der Waals surface area contributed by atoms with Crippen LogP contribution in [0.5, 0.6) is 23.0 Å². The second kappa shape index (κ2) is 34.4. The molecule has 7 rings (SSSR count). The number of carbonyl (C=O) groups excluding carboxylic acids is 2. The van der Waals surface area contributed by atoms with Crippen LogP contribution in [0.4, 0.5) is 10.8 Å². The number of thiazole rings is 1. The van der Waals surface area contributed by atoms with Gasteiger partial charge in [0.2, 0.25) is 0 Å². The van der Waals surface area contributed by atoms with E-state index < -0.39 is 0 Å². The number of rotatable bonds is 12. The molecule has 0 saturated heterocycles. The fraction of sp³-hybridized carbons (Fsp3) is 0.143. The maximum Gasteiger partial charge on any atom is 0.285 e. The van der Waals surface area contributed by atoms with Gasteiger partial charge in [0, 0.05) is 75.3 Å². The van der Waals surface area contributed by atoms with Crippen molar-refractivity contribution >= 4 is 188 Å². The van der Waals surface area contributed by atoms with Crippen LogP contribution in [0.1, 0.15) is 38.3 Å². The number of thiocarbonyl (C=S) groups is 3. The van der Waals surface area contributed by atoms with Crippen molar-refractivity contribution in [1.82, 2.24) is 4.98 Å². The van der Waals surface area contributed by atoms with Crippen LogP contribution in [0.15, 0.2) is 150 Å². The summed E-state index contributed by atoms with van der Waals surface area (Å²) in [7, 11) is 6.52. The topological polar surface area (TPSA) is 174 Å². The van der Waals surface area contributed by atoms with E-state index in [9.17, 15) is 9.59 Å². The Kier molecular flexibility index (Phi) is 30.5. The molecule has 11 nitrogen and oxygen atoms in total. The van der Waals surface area contributed by atoms with Gasteiger partial charge in [0.25, 0.3) is 5.91 Å². The van der Waals surface area contributed by atoms with Crippen LogP contribution in [0, 0.1) is 0 Å². The van der Waals surface area contributed by atoms with E-state index in [1.807, 2.05) is 96.2 Å². The number of benzene rings is 6. The number of nitrogens with two attached hydrogens (primary N) is 3. The van der Waals surface area contributed by atoms with E-state index in [4.69, 9.17) is 60.6 Å². The highest BCUT2D eigenvalue weighted by Gasteiger charge is 2.11. The fourth-order valence-corrected chi connectivity index (χ4v) is 9.03. The molecular formula is C49H45Br6N5O6S4. The summed E-state index contributed by atoms with van der Waals surface area (Å²) in [6, 6.07) is 38.8. The Morgan fingerprint density at radius 3 is 1.54 bits per heavy atom. The van der Waals surface area contributed by atoms with Gasteiger partial charge in [0.05, 0.1) is 66.7 Å². The number of aliphatic imine (C=N–C) groups is 1. The lowest BCUT2D eigenvalue weighted by molar-refractivity contribution is 0.0994. The lowest BCUT2D eigenvalue weighted by Gasteiger charge is -2.07. The van der Waals surface area contributed by atoms with Gasteiger partial charge in [-0.2, -0.15) is 4.99 Å². The number of fused-ring (bicyclic) bond motifs is 1. The van der Waals surface area contributed by atoms with Crippen LogP contribution >= 0.6 is 140 Å². The Hall–Kier alpha value is -3.99. The number of carbonyl (C=O) groups is 2. The van der Waals surface area contributed by atoms with Crippen LogP contribution in [0.2, 0.25) is 0 Å². The van der Waals surface area contributed by atoms with Crippen molar-refractivity contribution in [3.63, 3.8) is 0 Å². The molecule has 0 atom stereocenters. The van der Waals surface area contributed by atoms with Crippen molar-refractivity contribution in [3.05, 3.63) is 168 Å². The number of anilines is 2. The number of ether oxygens (including phenoxy) is 4. The minimum absolute atomic E-state index is 0.0631. The highest BCUT2D eigenvalue weighted by Crippen LogP contribution is 2.34. The van der Waals surface area contributed by atoms with Crippen LogP contribution in [0.25, 0.3) is 10.2 Å². The van der Waals surface area contributed by atoms with Crippen molar-refractivity contribution < 1.29 is 28.5 Å². The molecule has 0 fully saturated rings. The summed E-state index contributed by atoms with van der Waals surface area (Å²) >= 11 is 34.9. The number of amides is 1. The molecule has 6 aromatic carbocycles. The number of ketones is 1. The second-order valence-electron chi connectivity index (χ2n) is 13.5. The first-order valence-corrected chi connectivity index (χ1v) is 28.8. The molecule has 70 heavy (non-hydrogen) atoms. The van der Waals surface area contributed by atoms with Crippen molar-refractivity contribution in [3.8, 4) is 23.0 Å². The van der Waals surface area contributed by atoms with Crippen molar-refractivity contribution in [2.45, 2.75) is 19.3 Å². The van der Waals surface area contributed by atoms with E-state index >= 15 is 0 Å². The van der Waals surface area contributed by atoms with E-state index in [-0.39, 0.29) is 11.7 Å². The Bertz CT molecular complexity index is 2860. The molecule has 0 unspecified atom stereocenters. The molecule has 0 bridgehead atoms. The molecule has 0 spiro atoms. The minimum Gasteiger partial charge on any atom is -0.496 e. The number of hydrogen-bond acceptors (Lipinski definition) is 13. The molecule has 6 N–H and O–H groups in total. The third-order valence-electron chi connectivity index (χ3n) is 8.69. The van der Waals surface area contributed by atoms with Crippen molar-refractivity contribution in [2.75, 3.05) is 39.9 Å². The first-order chi connectivity index (χ1) is 33.5. The van der Waals surface area contributed by atoms with Gasteiger partial charge in [0.15, 0.2) is 10.9 Å². The second-order valence-corrected chi connectivity index (χ2v) is 19.3. The molecule has 0 radical (unpaired) electrons. The summed E-state index contributed by atoms with van der Waals surface area (Å²) in [4.78, 5) is 31.8. The number of halogens is 6. The molecule has 0 saturated carbocycles. The zero-order chi connectivity index (χ0) is 52.2. The molecule has 1 aromatic heterocycles. The van der Waals surface area contributed by atoms with Gasteiger partial charge in [-0.3, -0.25) is 9.59 Å². The Balaban J connectivity index is 0.000000305. The number of aromatic nitrogens is 1. The zero-order valence-corrected chi connectivity index (χ0v) is 50.5. The van der Waals surface area contributed by atoms with Crippen LogP contribution in [-0.2, 0) is 12.8 Å². The molecule has 21 heteroatoms. The van der Waals surface area contributed by atoms with E-state index in [0.29, 0.717) is 40.5 Å². The SMILES string of the molecule is BrBr.COc1cc2sc(N)nc2cc1Br.COc1ccc(CC(=S)CC(=O)c2ccccc2)cc1Br.COc1ccc(CC(N)=S)cc1Br.COc1ccc(N)cc1Br.O=C(N=C=S)c1ccccc1. The maximum atomic E-state index is 12.1. The summed E-state index contributed by atoms with van der Waals surface area (Å²) < 4.78 is 25.1. The van der Waals surface area contributed by atoms with Gasteiger partial charge in [0.1, 0.15) is 23.0 Å². The summed E-state index contributed by atoms with van der Waals surface area (Å²) in [6.45, 7) is 0. The summed E-state index contributed by atoms with van der Waals surface area (Å²) in [5.74, 6) is 2.91. The van der Waals surface area contributed by atoms with Gasteiger partial charge in [-0.1, -0.05) is 96.4 Å². The number of nitrogen functional groups attached to an aromatic ring is 2. The lowest BCUT2D eigenvalue weighted by Crippen LogP contribution is -2.10. The molecular weight excluding hydrogens is 1360 g/mol. The van der Waals surface area contributed by atoms with Gasteiger partial charge in [-0.25, -0.2) is 4.98 Å². The van der Waals surface area contributed by atoms with Crippen LogP contribution in [0.3, 0.4) is 0 Å². The number of Topliss-reactive ketones (excluding diaryl/α,β-unsaturated/α-hetero) is 1. The van der Waals surface area contributed by atoms with Crippen LogP contribution < -0.4 is 36.1 Å². The molecule has 0 aliphatic rings. The lowest BCUT2D eigenvalue weighted by atomic mass is 10.0. The fourth-order valence-electron chi connectivity index (χ4n) is 5.51. The highest BCUT2D eigenvalue weighted by molar-refractivity contribution is 9.93. The van der Waals surface area contributed by atoms with E-state index in [0.717, 1.165) is 72.8 Å². The predicted octanol–water partition coefficient (Wildman–Crippen LogP) is 15.2. The average Bonchev–Trinajstić information content (AvgIpc) is 3.71. The van der Waals surface area contributed by atoms with Crippen molar-refractivity contribution in [2.24, 2.45) is 10.7 Å². The average molecular weight is 1410 g/mol. The number of hydrogen-bond donors (Lipinski definition) is 3. The van der Waals surface area contributed by atoms with Gasteiger partial charge < -0.3 is 36.1 Å².